The Kier molecular flexibility index (Phi) is 8.38. The van der Waals surface area contributed by atoms with Crippen molar-refractivity contribution in [1.82, 2.24) is 19.4 Å². The topological polar surface area (TPSA) is 99.3 Å². The zero-order valence-electron chi connectivity index (χ0n) is 24.1. The SMILES string of the molecule is C=C1CCC(N2Cc3c(OCc4ccc(CN5CCN(S(=O)(=O)C6CCCCC6)CC5)cc4)cccc3C2=O)C(=O)N1. The second-order valence-corrected chi connectivity index (χ2v) is 14.2. The first-order valence-corrected chi connectivity index (χ1v) is 16.6. The van der Waals surface area contributed by atoms with E-state index >= 15 is 0 Å². The molecule has 6 rings (SSSR count). The average Bonchev–Trinajstić information content (AvgIpc) is 3.34. The Morgan fingerprint density at radius 1 is 0.905 bits per heavy atom. The number of carbonyl (C=O) groups is 2. The average molecular weight is 593 g/mol. The number of amides is 2. The molecule has 9 nitrogen and oxygen atoms in total. The number of carbonyl (C=O) groups excluding carboxylic acids is 2. The van der Waals surface area contributed by atoms with Crippen molar-refractivity contribution in [2.24, 2.45) is 0 Å². The molecule has 3 aliphatic heterocycles. The van der Waals surface area contributed by atoms with Crippen molar-refractivity contribution in [1.29, 1.82) is 0 Å². The number of fused-ring (bicyclic) bond motifs is 1. The molecule has 2 saturated heterocycles. The lowest BCUT2D eigenvalue weighted by Gasteiger charge is -2.36. The number of hydrogen-bond acceptors (Lipinski definition) is 6. The molecule has 0 bridgehead atoms. The number of nitrogens with one attached hydrogen (secondary N) is 1. The highest BCUT2D eigenvalue weighted by Gasteiger charge is 2.39. The fourth-order valence-electron chi connectivity index (χ4n) is 6.65. The first-order valence-electron chi connectivity index (χ1n) is 15.1. The largest absolute Gasteiger partial charge is 0.489 e. The Balaban J connectivity index is 1.01. The molecule has 10 heteroatoms. The van der Waals surface area contributed by atoms with E-state index < -0.39 is 16.1 Å². The van der Waals surface area contributed by atoms with Crippen LogP contribution < -0.4 is 10.1 Å². The number of benzene rings is 2. The Hall–Kier alpha value is -3.21. The number of ether oxygens (including phenoxy) is 1. The maximum atomic E-state index is 13.1. The second kappa shape index (κ2) is 12.2. The minimum atomic E-state index is -3.19. The van der Waals surface area contributed by atoms with Gasteiger partial charge in [-0.25, -0.2) is 8.42 Å². The van der Waals surface area contributed by atoms with Gasteiger partial charge in [-0.15, -0.1) is 0 Å². The third kappa shape index (κ3) is 5.98. The van der Waals surface area contributed by atoms with Gasteiger partial charge in [-0.1, -0.05) is 56.2 Å². The fourth-order valence-corrected chi connectivity index (χ4v) is 8.67. The van der Waals surface area contributed by atoms with Crippen molar-refractivity contribution in [2.45, 2.75) is 75.9 Å². The quantitative estimate of drug-likeness (QED) is 0.501. The summed E-state index contributed by atoms with van der Waals surface area (Å²) in [7, 11) is -3.19. The lowest BCUT2D eigenvalue weighted by molar-refractivity contribution is -0.126. The van der Waals surface area contributed by atoms with Gasteiger partial charge in [-0.05, 0) is 48.9 Å². The molecule has 3 fully saturated rings. The molecular weight excluding hydrogens is 552 g/mol. The molecule has 0 aromatic heterocycles. The van der Waals surface area contributed by atoms with Gasteiger partial charge >= 0.3 is 0 Å². The minimum Gasteiger partial charge on any atom is -0.489 e. The molecule has 1 N–H and O–H groups in total. The van der Waals surface area contributed by atoms with Crippen LogP contribution >= 0.6 is 0 Å². The predicted octanol–water partition coefficient (Wildman–Crippen LogP) is 3.79. The molecule has 0 radical (unpaired) electrons. The molecule has 1 saturated carbocycles. The predicted molar refractivity (Wildman–Crippen MR) is 160 cm³/mol. The molecule has 3 heterocycles. The summed E-state index contributed by atoms with van der Waals surface area (Å²) >= 11 is 0. The molecule has 2 aromatic carbocycles. The number of hydrogen-bond donors (Lipinski definition) is 1. The number of piperazine rings is 1. The summed E-state index contributed by atoms with van der Waals surface area (Å²) in [4.78, 5) is 29.6. The van der Waals surface area contributed by atoms with Gasteiger partial charge in [0.15, 0.2) is 0 Å². The number of piperidine rings is 1. The summed E-state index contributed by atoms with van der Waals surface area (Å²) in [6.45, 7) is 7.93. The Labute approximate surface area is 248 Å². The van der Waals surface area contributed by atoms with Gasteiger partial charge in [-0.3, -0.25) is 14.5 Å². The van der Waals surface area contributed by atoms with Crippen LogP contribution in [0.3, 0.4) is 0 Å². The van der Waals surface area contributed by atoms with Crippen molar-refractivity contribution in [3.05, 3.63) is 77.0 Å². The third-order valence-corrected chi connectivity index (χ3v) is 11.5. The summed E-state index contributed by atoms with van der Waals surface area (Å²) in [5, 5.41) is 2.59. The minimum absolute atomic E-state index is 0.139. The highest BCUT2D eigenvalue weighted by molar-refractivity contribution is 7.89. The van der Waals surface area contributed by atoms with E-state index in [1.54, 1.807) is 15.3 Å². The first-order chi connectivity index (χ1) is 20.3. The summed E-state index contributed by atoms with van der Waals surface area (Å²) in [6.07, 6.45) is 6.03. The monoisotopic (exact) mass is 592 g/mol. The van der Waals surface area contributed by atoms with Gasteiger partial charge < -0.3 is 15.0 Å². The van der Waals surface area contributed by atoms with Crippen LogP contribution in [0.4, 0.5) is 0 Å². The van der Waals surface area contributed by atoms with Gasteiger partial charge in [-0.2, -0.15) is 4.31 Å². The number of nitrogens with zero attached hydrogens (tertiary/aromatic N) is 3. The zero-order chi connectivity index (χ0) is 29.3. The van der Waals surface area contributed by atoms with E-state index in [-0.39, 0.29) is 17.1 Å². The van der Waals surface area contributed by atoms with Crippen molar-refractivity contribution < 1.29 is 22.7 Å². The van der Waals surface area contributed by atoms with Gasteiger partial charge in [0.25, 0.3) is 5.91 Å². The van der Waals surface area contributed by atoms with Crippen molar-refractivity contribution in [3.8, 4) is 5.75 Å². The smallest absolute Gasteiger partial charge is 0.255 e. The summed E-state index contributed by atoms with van der Waals surface area (Å²) < 4.78 is 34.0. The standard InChI is InChI=1S/C32H40N4O5S/c1-23-10-15-29(31(37)33-23)36-21-28-27(32(36)38)8-5-9-30(28)41-22-25-13-11-24(12-14-25)20-34-16-18-35(19-17-34)42(39,40)26-6-3-2-4-7-26/h5,8-9,11-14,26,29H,1-4,6-7,10,15-22H2,(H,33,37). The fraction of sp³-hybridized carbons (Fsp3) is 0.500. The van der Waals surface area contributed by atoms with Crippen LogP contribution in [0.1, 0.15) is 72.0 Å². The normalized spacial score (nSPS) is 22.7. The van der Waals surface area contributed by atoms with E-state index in [1.807, 2.05) is 12.1 Å². The highest BCUT2D eigenvalue weighted by atomic mass is 32.2. The first kappa shape index (κ1) is 28.9. The van der Waals surface area contributed by atoms with Crippen LogP contribution in [0.2, 0.25) is 0 Å². The third-order valence-electron chi connectivity index (χ3n) is 9.14. The highest BCUT2D eigenvalue weighted by Crippen LogP contribution is 2.34. The van der Waals surface area contributed by atoms with Crippen LogP contribution in [-0.2, 0) is 34.5 Å². The van der Waals surface area contributed by atoms with Gasteiger partial charge in [0, 0.05) is 49.5 Å². The van der Waals surface area contributed by atoms with E-state index in [0.717, 1.165) is 62.9 Å². The maximum absolute atomic E-state index is 13.1. The molecule has 0 spiro atoms. The summed E-state index contributed by atoms with van der Waals surface area (Å²) in [5.74, 6) is 0.343. The van der Waals surface area contributed by atoms with Crippen molar-refractivity contribution in [2.75, 3.05) is 26.2 Å². The Bertz CT molecular complexity index is 1440. The van der Waals surface area contributed by atoms with Crippen molar-refractivity contribution in [3.63, 3.8) is 0 Å². The molecule has 4 aliphatic rings. The van der Waals surface area contributed by atoms with E-state index in [9.17, 15) is 18.0 Å². The van der Waals surface area contributed by atoms with Gasteiger partial charge in [0.2, 0.25) is 15.9 Å². The van der Waals surface area contributed by atoms with E-state index in [1.165, 1.54) is 5.56 Å². The summed E-state index contributed by atoms with van der Waals surface area (Å²) in [5.41, 5.74) is 4.30. The van der Waals surface area contributed by atoms with Gasteiger partial charge in [0.05, 0.1) is 11.8 Å². The molecular formula is C32H40N4O5S. The van der Waals surface area contributed by atoms with Gasteiger partial charge in [0.1, 0.15) is 18.4 Å². The summed E-state index contributed by atoms with van der Waals surface area (Å²) in [6, 6.07) is 13.3. The molecule has 42 heavy (non-hydrogen) atoms. The van der Waals surface area contributed by atoms with Crippen molar-refractivity contribution >= 4 is 21.8 Å². The van der Waals surface area contributed by atoms with E-state index in [4.69, 9.17) is 4.74 Å². The number of allylic oxidation sites excluding steroid dienone is 1. The molecule has 1 aliphatic carbocycles. The van der Waals surface area contributed by atoms with Crippen LogP contribution in [0.25, 0.3) is 0 Å². The molecule has 1 unspecified atom stereocenters. The number of sulfonamides is 1. The second-order valence-electron chi connectivity index (χ2n) is 11.9. The van der Waals surface area contributed by atoms with Crippen LogP contribution in [0, 0.1) is 0 Å². The Morgan fingerprint density at radius 3 is 2.33 bits per heavy atom. The van der Waals surface area contributed by atoms with E-state index in [0.29, 0.717) is 56.1 Å². The Morgan fingerprint density at radius 2 is 1.62 bits per heavy atom. The van der Waals surface area contributed by atoms with Crippen LogP contribution in [0.5, 0.6) is 5.75 Å². The van der Waals surface area contributed by atoms with Crippen LogP contribution in [0.15, 0.2) is 54.7 Å². The maximum Gasteiger partial charge on any atom is 0.255 e. The molecule has 224 valence electrons. The zero-order valence-corrected chi connectivity index (χ0v) is 24.9. The number of rotatable bonds is 8. The van der Waals surface area contributed by atoms with Crippen LogP contribution in [-0.4, -0.2) is 71.8 Å². The lowest BCUT2D eigenvalue weighted by Crippen LogP contribution is -2.51. The molecule has 1 atom stereocenters. The lowest BCUT2D eigenvalue weighted by atomic mass is 10.0. The molecule has 2 amide bonds. The van der Waals surface area contributed by atoms with E-state index in [2.05, 4.69) is 41.1 Å². The molecule has 2 aromatic rings.